The average molecular weight is 385 g/mol. The molecule has 3 aromatic rings. The van der Waals surface area contributed by atoms with Crippen LogP contribution in [-0.4, -0.2) is 24.6 Å². The van der Waals surface area contributed by atoms with Crippen LogP contribution in [-0.2, 0) is 20.7 Å². The molecule has 0 saturated heterocycles. The third-order valence-electron chi connectivity index (χ3n) is 4.42. The van der Waals surface area contributed by atoms with Gasteiger partial charge in [-0.3, -0.25) is 4.18 Å². The van der Waals surface area contributed by atoms with Crippen LogP contribution >= 0.6 is 0 Å². The van der Waals surface area contributed by atoms with Crippen molar-refractivity contribution in [3.63, 3.8) is 0 Å². The molecule has 0 aliphatic heterocycles. The number of pyridine rings is 1. The average Bonchev–Trinajstić information content (AvgIpc) is 2.93. The summed E-state index contributed by atoms with van der Waals surface area (Å²) in [6.45, 7) is 8.04. The number of hydrogen-bond acceptors (Lipinski definition) is 4. The van der Waals surface area contributed by atoms with E-state index in [1.54, 1.807) is 24.3 Å². The molecule has 1 aromatic carbocycles. The minimum absolute atomic E-state index is 0.0513. The van der Waals surface area contributed by atoms with Gasteiger partial charge < -0.3 is 4.57 Å². The Hall–Kier alpha value is -2.44. The first kappa shape index (κ1) is 19.3. The van der Waals surface area contributed by atoms with Crippen molar-refractivity contribution in [3.05, 3.63) is 76.7 Å². The van der Waals surface area contributed by atoms with Crippen molar-refractivity contribution >= 4 is 10.1 Å². The molecule has 0 fully saturated rings. The zero-order valence-electron chi connectivity index (χ0n) is 16.1. The predicted molar refractivity (Wildman–Crippen MR) is 106 cm³/mol. The largest absolute Gasteiger partial charge is 0.303 e. The fraction of sp³-hybridized carbons (Fsp3) is 0.286. The molecule has 27 heavy (non-hydrogen) atoms. The standard InChI is InChI=1S/C21H24N2O3S/c1-15-5-9-20(10-6-15)27(24,25)26-12-11-19-13-16(2)14-21(22-19)23-17(3)7-8-18(23)4/h5-10,13-14H,11-12H2,1-4H3. The van der Waals surface area contributed by atoms with E-state index >= 15 is 0 Å². The van der Waals surface area contributed by atoms with E-state index in [0.717, 1.165) is 34.0 Å². The number of benzene rings is 1. The van der Waals surface area contributed by atoms with Crippen LogP contribution in [0.4, 0.5) is 0 Å². The molecule has 0 saturated carbocycles. The van der Waals surface area contributed by atoms with Crippen molar-refractivity contribution < 1.29 is 12.6 Å². The second-order valence-electron chi connectivity index (χ2n) is 6.78. The molecule has 0 aliphatic rings. The van der Waals surface area contributed by atoms with Crippen molar-refractivity contribution in [2.75, 3.05) is 6.61 Å². The number of aryl methyl sites for hydroxylation is 4. The van der Waals surface area contributed by atoms with Crippen LogP contribution in [0.1, 0.15) is 28.2 Å². The summed E-state index contributed by atoms with van der Waals surface area (Å²) in [5, 5.41) is 0. The maximum atomic E-state index is 12.3. The highest BCUT2D eigenvalue weighted by atomic mass is 32.2. The van der Waals surface area contributed by atoms with E-state index in [1.807, 2.05) is 39.8 Å². The van der Waals surface area contributed by atoms with Gasteiger partial charge in [-0.25, -0.2) is 4.98 Å². The van der Waals surface area contributed by atoms with Crippen molar-refractivity contribution in [2.24, 2.45) is 0 Å². The lowest BCUT2D eigenvalue weighted by molar-refractivity contribution is 0.321. The molecule has 0 unspecified atom stereocenters. The van der Waals surface area contributed by atoms with Crippen molar-refractivity contribution in [1.29, 1.82) is 0 Å². The topological polar surface area (TPSA) is 61.2 Å². The second-order valence-corrected chi connectivity index (χ2v) is 8.40. The molecule has 0 aliphatic carbocycles. The lowest BCUT2D eigenvalue weighted by atomic mass is 10.2. The quantitative estimate of drug-likeness (QED) is 0.602. The smallest absolute Gasteiger partial charge is 0.296 e. The van der Waals surface area contributed by atoms with Crippen molar-refractivity contribution in [1.82, 2.24) is 9.55 Å². The second kappa shape index (κ2) is 7.66. The summed E-state index contributed by atoms with van der Waals surface area (Å²) in [5.74, 6) is 0.839. The Labute approximate surface area is 160 Å². The van der Waals surface area contributed by atoms with Crippen LogP contribution in [0, 0.1) is 27.7 Å². The third-order valence-corrected chi connectivity index (χ3v) is 5.74. The van der Waals surface area contributed by atoms with E-state index in [1.165, 1.54) is 0 Å². The molecule has 6 heteroatoms. The molecule has 0 spiro atoms. The van der Waals surface area contributed by atoms with Crippen LogP contribution in [0.5, 0.6) is 0 Å². The Kier molecular flexibility index (Phi) is 5.48. The first-order valence-electron chi connectivity index (χ1n) is 8.85. The maximum absolute atomic E-state index is 12.3. The van der Waals surface area contributed by atoms with E-state index in [9.17, 15) is 8.42 Å². The summed E-state index contributed by atoms with van der Waals surface area (Å²) in [6, 6.07) is 14.7. The van der Waals surface area contributed by atoms with Gasteiger partial charge in [-0.15, -0.1) is 0 Å². The molecule has 5 nitrogen and oxygen atoms in total. The fourth-order valence-electron chi connectivity index (χ4n) is 3.02. The van der Waals surface area contributed by atoms with E-state index in [4.69, 9.17) is 4.18 Å². The molecule has 0 bridgehead atoms. The summed E-state index contributed by atoms with van der Waals surface area (Å²) in [7, 11) is -3.76. The Bertz CT molecular complexity index is 1030. The summed E-state index contributed by atoms with van der Waals surface area (Å²) >= 11 is 0. The lowest BCUT2D eigenvalue weighted by Crippen LogP contribution is -2.11. The first-order valence-corrected chi connectivity index (χ1v) is 10.3. The van der Waals surface area contributed by atoms with Crippen molar-refractivity contribution in [3.8, 4) is 5.82 Å². The van der Waals surface area contributed by atoms with Crippen LogP contribution < -0.4 is 0 Å². The highest BCUT2D eigenvalue weighted by Crippen LogP contribution is 2.18. The normalized spacial score (nSPS) is 11.7. The van der Waals surface area contributed by atoms with Gasteiger partial charge in [0, 0.05) is 23.5 Å². The minimum Gasteiger partial charge on any atom is -0.303 e. The van der Waals surface area contributed by atoms with Crippen LogP contribution in [0.2, 0.25) is 0 Å². The van der Waals surface area contributed by atoms with Gasteiger partial charge in [0.05, 0.1) is 11.5 Å². The van der Waals surface area contributed by atoms with E-state index in [2.05, 4.69) is 21.7 Å². The fourth-order valence-corrected chi connectivity index (χ4v) is 3.93. The Balaban J connectivity index is 1.74. The molecule has 2 aromatic heterocycles. The predicted octanol–water partition coefficient (Wildman–Crippen LogP) is 4.05. The summed E-state index contributed by atoms with van der Waals surface area (Å²) in [5.41, 5.74) is 5.09. The summed E-state index contributed by atoms with van der Waals surface area (Å²) in [4.78, 5) is 4.86. The first-order chi connectivity index (χ1) is 12.8. The molecular formula is C21H24N2O3S. The van der Waals surface area contributed by atoms with Gasteiger partial charge in [0.25, 0.3) is 10.1 Å². The van der Waals surface area contributed by atoms with Gasteiger partial charge in [-0.2, -0.15) is 8.42 Å². The van der Waals surface area contributed by atoms with Gasteiger partial charge in [0.15, 0.2) is 0 Å². The zero-order chi connectivity index (χ0) is 19.6. The van der Waals surface area contributed by atoms with Gasteiger partial charge in [0.1, 0.15) is 5.82 Å². The van der Waals surface area contributed by atoms with E-state index in [0.29, 0.717) is 6.42 Å². The molecule has 0 atom stereocenters. The van der Waals surface area contributed by atoms with Gasteiger partial charge in [-0.1, -0.05) is 17.7 Å². The number of nitrogens with zero attached hydrogens (tertiary/aromatic N) is 2. The number of hydrogen-bond donors (Lipinski definition) is 0. The summed E-state index contributed by atoms with van der Waals surface area (Å²) < 4.78 is 31.9. The Morgan fingerprint density at radius 1 is 0.889 bits per heavy atom. The summed E-state index contributed by atoms with van der Waals surface area (Å²) in [6.07, 6.45) is 0.416. The van der Waals surface area contributed by atoms with Gasteiger partial charge in [-0.05, 0) is 69.7 Å². The van der Waals surface area contributed by atoms with Gasteiger partial charge in [0.2, 0.25) is 0 Å². The van der Waals surface area contributed by atoms with Crippen molar-refractivity contribution in [2.45, 2.75) is 39.0 Å². The monoisotopic (exact) mass is 384 g/mol. The molecule has 0 amide bonds. The van der Waals surface area contributed by atoms with Crippen LogP contribution in [0.3, 0.4) is 0 Å². The Morgan fingerprint density at radius 2 is 1.52 bits per heavy atom. The third kappa shape index (κ3) is 4.46. The molecule has 142 valence electrons. The van der Waals surface area contributed by atoms with E-state index < -0.39 is 10.1 Å². The lowest BCUT2D eigenvalue weighted by Gasteiger charge is -2.12. The molecule has 3 rings (SSSR count). The van der Waals surface area contributed by atoms with Crippen LogP contribution in [0.15, 0.2) is 53.4 Å². The molecule has 0 N–H and O–H groups in total. The SMILES string of the molecule is Cc1ccc(S(=O)(=O)OCCc2cc(C)cc(-n3c(C)ccc3C)n2)cc1. The number of rotatable bonds is 6. The van der Waals surface area contributed by atoms with Gasteiger partial charge >= 0.3 is 0 Å². The molecular weight excluding hydrogens is 360 g/mol. The molecule has 2 heterocycles. The minimum atomic E-state index is -3.76. The molecule has 0 radical (unpaired) electrons. The highest BCUT2D eigenvalue weighted by Gasteiger charge is 2.15. The number of aromatic nitrogens is 2. The van der Waals surface area contributed by atoms with E-state index in [-0.39, 0.29) is 11.5 Å². The zero-order valence-corrected chi connectivity index (χ0v) is 16.9. The highest BCUT2D eigenvalue weighted by molar-refractivity contribution is 7.86. The Morgan fingerprint density at radius 3 is 2.15 bits per heavy atom. The maximum Gasteiger partial charge on any atom is 0.296 e. The van der Waals surface area contributed by atoms with Crippen LogP contribution in [0.25, 0.3) is 5.82 Å².